The van der Waals surface area contributed by atoms with Gasteiger partial charge in [0.2, 0.25) is 0 Å². The summed E-state index contributed by atoms with van der Waals surface area (Å²) in [6.07, 6.45) is 0. The minimum absolute atomic E-state index is 0.180. The number of halogens is 1. The average molecular weight is 409 g/mol. The van der Waals surface area contributed by atoms with Crippen LogP contribution in [0, 0.1) is 10.5 Å². The number of sulfonamides is 1. The van der Waals surface area contributed by atoms with Gasteiger partial charge in [0.15, 0.2) is 0 Å². The summed E-state index contributed by atoms with van der Waals surface area (Å²) in [5, 5.41) is 11.0. The summed E-state index contributed by atoms with van der Waals surface area (Å²) < 4.78 is 28.2. The van der Waals surface area contributed by atoms with Crippen LogP contribution in [0.2, 0.25) is 0 Å². The molecule has 0 saturated carbocycles. The van der Waals surface area contributed by atoms with Crippen molar-refractivity contribution in [1.29, 1.82) is 0 Å². The number of hydrogen-bond donors (Lipinski definition) is 2. The summed E-state index contributed by atoms with van der Waals surface area (Å²) >= 11 is 3.32. The molecular weight excluding hydrogens is 397 g/mol. The Hall–Kier alpha value is -0.640. The second-order valence-electron chi connectivity index (χ2n) is 3.91. The third-order valence-electron chi connectivity index (χ3n) is 2.52. The van der Waals surface area contributed by atoms with Gasteiger partial charge < -0.3 is 5.11 Å². The highest BCUT2D eigenvalue weighted by Crippen LogP contribution is 2.29. The maximum absolute atomic E-state index is 12.4. The Morgan fingerprint density at radius 2 is 2.05 bits per heavy atom. The average Bonchev–Trinajstić information content (AvgIpc) is 2.74. The lowest BCUT2D eigenvalue weighted by molar-refractivity contribution is 0.282. The van der Waals surface area contributed by atoms with E-state index in [1.807, 2.05) is 12.1 Å². The molecule has 0 unspecified atom stereocenters. The van der Waals surface area contributed by atoms with E-state index in [9.17, 15) is 13.5 Å². The quantitative estimate of drug-likeness (QED) is 0.764. The Kier molecular flexibility index (Phi) is 4.49. The third kappa shape index (κ3) is 3.10. The van der Waals surface area contributed by atoms with Crippen LogP contribution in [0.15, 0.2) is 34.5 Å². The number of nitrogens with one attached hydrogen (secondary N) is 1. The van der Waals surface area contributed by atoms with E-state index in [-0.39, 0.29) is 11.5 Å². The zero-order valence-corrected chi connectivity index (χ0v) is 13.8. The molecule has 19 heavy (non-hydrogen) atoms. The number of hydrogen-bond acceptors (Lipinski definition) is 4. The molecule has 0 aliphatic rings. The first-order chi connectivity index (χ1) is 8.95. The second-order valence-corrected chi connectivity index (χ2v) is 7.66. The van der Waals surface area contributed by atoms with Gasteiger partial charge in [-0.1, -0.05) is 12.1 Å². The fraction of sp³-hybridized carbons (Fsp3) is 0.167. The summed E-state index contributed by atoms with van der Waals surface area (Å²) in [4.78, 5) is 0.635. The van der Waals surface area contributed by atoms with Gasteiger partial charge >= 0.3 is 0 Å². The van der Waals surface area contributed by atoms with Crippen LogP contribution in [0.25, 0.3) is 0 Å². The van der Waals surface area contributed by atoms with E-state index in [4.69, 9.17) is 0 Å². The Bertz CT molecular complexity index is 695. The van der Waals surface area contributed by atoms with Crippen LogP contribution in [-0.4, -0.2) is 13.5 Å². The first kappa shape index (κ1) is 14.8. The van der Waals surface area contributed by atoms with Crippen LogP contribution < -0.4 is 4.72 Å². The number of aryl methyl sites for hydroxylation is 1. The summed E-state index contributed by atoms with van der Waals surface area (Å²) in [5.41, 5.74) is 1.19. The Balaban J connectivity index is 2.44. The van der Waals surface area contributed by atoms with Crippen LogP contribution in [-0.2, 0) is 16.6 Å². The molecule has 0 atom stereocenters. The lowest BCUT2D eigenvalue weighted by atomic mass is 10.3. The molecule has 0 bridgehead atoms. The SMILES string of the molecule is Cc1csc(CO)c1S(=O)(=O)Nc1ccccc1I. The number of anilines is 1. The summed E-state index contributed by atoms with van der Waals surface area (Å²) in [7, 11) is -3.67. The van der Waals surface area contributed by atoms with Gasteiger partial charge in [0.25, 0.3) is 10.0 Å². The fourth-order valence-corrected chi connectivity index (χ4v) is 5.15. The van der Waals surface area contributed by atoms with E-state index in [1.165, 1.54) is 11.3 Å². The van der Waals surface area contributed by atoms with Crippen molar-refractivity contribution in [3.05, 3.63) is 43.7 Å². The van der Waals surface area contributed by atoms with E-state index in [0.29, 0.717) is 16.1 Å². The molecule has 1 heterocycles. The van der Waals surface area contributed by atoms with Crippen molar-refractivity contribution >= 4 is 49.6 Å². The number of thiophene rings is 1. The van der Waals surface area contributed by atoms with Crippen molar-refractivity contribution in [2.75, 3.05) is 4.72 Å². The smallest absolute Gasteiger partial charge is 0.263 e. The lowest BCUT2D eigenvalue weighted by Gasteiger charge is -2.10. The van der Waals surface area contributed by atoms with Crippen molar-refractivity contribution in [3.63, 3.8) is 0 Å². The van der Waals surface area contributed by atoms with Gasteiger partial charge in [-0.15, -0.1) is 11.3 Å². The number of aliphatic hydroxyl groups is 1. The summed E-state index contributed by atoms with van der Waals surface area (Å²) in [6, 6.07) is 7.15. The largest absolute Gasteiger partial charge is 0.391 e. The van der Waals surface area contributed by atoms with E-state index in [1.54, 1.807) is 24.4 Å². The van der Waals surface area contributed by atoms with Gasteiger partial charge in [-0.05, 0) is 52.6 Å². The molecule has 2 N–H and O–H groups in total. The van der Waals surface area contributed by atoms with Gasteiger partial charge in [-0.2, -0.15) is 0 Å². The molecule has 0 amide bonds. The number of rotatable bonds is 4. The zero-order valence-electron chi connectivity index (χ0n) is 10.1. The normalized spacial score (nSPS) is 11.5. The van der Waals surface area contributed by atoms with Crippen LogP contribution in [0.3, 0.4) is 0 Å². The fourth-order valence-electron chi connectivity index (χ4n) is 1.70. The van der Waals surface area contributed by atoms with Crippen molar-refractivity contribution in [2.45, 2.75) is 18.4 Å². The first-order valence-electron chi connectivity index (χ1n) is 5.41. The molecule has 7 heteroatoms. The molecule has 0 fully saturated rings. The second kappa shape index (κ2) is 5.78. The van der Waals surface area contributed by atoms with E-state index < -0.39 is 10.0 Å². The Morgan fingerprint density at radius 3 is 2.68 bits per heavy atom. The molecule has 0 aliphatic heterocycles. The van der Waals surface area contributed by atoms with Crippen molar-refractivity contribution in [3.8, 4) is 0 Å². The van der Waals surface area contributed by atoms with Crippen LogP contribution in [0.5, 0.6) is 0 Å². The molecule has 0 saturated heterocycles. The zero-order chi connectivity index (χ0) is 14.0. The number of para-hydroxylation sites is 1. The van der Waals surface area contributed by atoms with Crippen molar-refractivity contribution in [1.82, 2.24) is 0 Å². The van der Waals surface area contributed by atoms with Crippen molar-refractivity contribution < 1.29 is 13.5 Å². The van der Waals surface area contributed by atoms with Crippen LogP contribution in [0.1, 0.15) is 10.4 Å². The number of benzene rings is 1. The predicted molar refractivity (Wildman–Crippen MR) is 84.9 cm³/mol. The molecular formula is C12H12INO3S2. The van der Waals surface area contributed by atoms with Crippen molar-refractivity contribution in [2.24, 2.45) is 0 Å². The molecule has 4 nitrogen and oxygen atoms in total. The predicted octanol–water partition coefficient (Wildman–Crippen LogP) is 2.95. The van der Waals surface area contributed by atoms with Crippen LogP contribution in [0.4, 0.5) is 5.69 Å². The molecule has 0 spiro atoms. The first-order valence-corrected chi connectivity index (χ1v) is 8.85. The van der Waals surface area contributed by atoms with E-state index >= 15 is 0 Å². The van der Waals surface area contributed by atoms with E-state index in [0.717, 1.165) is 3.57 Å². The van der Waals surface area contributed by atoms with Crippen LogP contribution >= 0.6 is 33.9 Å². The summed E-state index contributed by atoms with van der Waals surface area (Å²) in [6.45, 7) is 1.45. The Labute approximate surface area is 129 Å². The monoisotopic (exact) mass is 409 g/mol. The third-order valence-corrected chi connectivity index (χ3v) is 6.27. The minimum atomic E-state index is -3.67. The topological polar surface area (TPSA) is 66.4 Å². The van der Waals surface area contributed by atoms with Gasteiger partial charge in [-0.25, -0.2) is 8.42 Å². The highest BCUT2D eigenvalue weighted by Gasteiger charge is 2.23. The molecule has 0 aliphatic carbocycles. The van der Waals surface area contributed by atoms with Gasteiger partial charge in [-0.3, -0.25) is 4.72 Å². The molecule has 0 radical (unpaired) electrons. The minimum Gasteiger partial charge on any atom is -0.391 e. The number of aliphatic hydroxyl groups excluding tert-OH is 1. The molecule has 2 aromatic rings. The van der Waals surface area contributed by atoms with Gasteiger partial charge in [0.05, 0.1) is 17.2 Å². The maximum atomic E-state index is 12.4. The standard InChI is InChI=1S/C12H12INO3S2/c1-8-7-18-11(6-15)12(8)19(16,17)14-10-5-3-2-4-9(10)13/h2-5,7,14-15H,6H2,1H3. The summed E-state index contributed by atoms with van der Waals surface area (Å²) in [5.74, 6) is 0. The molecule has 1 aromatic heterocycles. The highest BCUT2D eigenvalue weighted by molar-refractivity contribution is 14.1. The van der Waals surface area contributed by atoms with Gasteiger partial charge in [0.1, 0.15) is 4.90 Å². The maximum Gasteiger partial charge on any atom is 0.263 e. The molecule has 2 rings (SSSR count). The molecule has 102 valence electrons. The lowest BCUT2D eigenvalue weighted by Crippen LogP contribution is -2.15. The molecule has 1 aromatic carbocycles. The van der Waals surface area contributed by atoms with Gasteiger partial charge in [0, 0.05) is 3.57 Å². The Morgan fingerprint density at radius 1 is 1.37 bits per heavy atom. The van der Waals surface area contributed by atoms with E-state index in [2.05, 4.69) is 27.3 Å². The highest BCUT2D eigenvalue weighted by atomic mass is 127.